The van der Waals surface area contributed by atoms with Crippen LogP contribution in [0, 0.1) is 0 Å². The largest absolute Gasteiger partial charge is 0.483 e. The third-order valence-corrected chi connectivity index (χ3v) is 3.45. The molecule has 0 bridgehead atoms. The van der Waals surface area contributed by atoms with Crippen molar-refractivity contribution in [3.8, 4) is 5.75 Å². The van der Waals surface area contributed by atoms with Crippen LogP contribution in [-0.4, -0.2) is 31.0 Å². The second kappa shape index (κ2) is 6.39. The highest BCUT2D eigenvalue weighted by Crippen LogP contribution is 2.27. The lowest BCUT2D eigenvalue weighted by atomic mass is 10.0. The molecule has 0 aliphatic rings. The van der Waals surface area contributed by atoms with Gasteiger partial charge in [0.25, 0.3) is 5.91 Å². The van der Waals surface area contributed by atoms with Crippen LogP contribution in [0.1, 0.15) is 12.5 Å². The summed E-state index contributed by atoms with van der Waals surface area (Å²) in [5, 5.41) is 2.20. The second-order valence-corrected chi connectivity index (χ2v) is 4.66. The smallest absolute Gasteiger partial charge is 0.260 e. The van der Waals surface area contributed by atoms with Crippen LogP contribution in [0.2, 0.25) is 0 Å². The Hall–Kier alpha value is -2.07. The van der Waals surface area contributed by atoms with Gasteiger partial charge in [-0.1, -0.05) is 30.3 Å². The standard InChI is InChI=1S/C16H20N2O2/c1-3-18(2)16(19)11-20-15-9-8-12-6-4-5-7-13(12)14(15)10-17/h4-9H,3,10-11,17H2,1-2H3. The summed E-state index contributed by atoms with van der Waals surface area (Å²) in [6.45, 7) is 3.02. The van der Waals surface area contributed by atoms with Crippen LogP contribution < -0.4 is 10.5 Å². The zero-order valence-electron chi connectivity index (χ0n) is 11.9. The van der Waals surface area contributed by atoms with Crippen LogP contribution in [0.4, 0.5) is 0 Å². The molecule has 0 radical (unpaired) electrons. The first-order valence-electron chi connectivity index (χ1n) is 6.74. The van der Waals surface area contributed by atoms with E-state index in [0.29, 0.717) is 18.8 Å². The van der Waals surface area contributed by atoms with Gasteiger partial charge in [0.2, 0.25) is 0 Å². The number of fused-ring (bicyclic) bond motifs is 1. The number of benzene rings is 2. The van der Waals surface area contributed by atoms with E-state index in [9.17, 15) is 4.79 Å². The van der Waals surface area contributed by atoms with Gasteiger partial charge in [0, 0.05) is 25.7 Å². The summed E-state index contributed by atoms with van der Waals surface area (Å²) in [7, 11) is 1.76. The molecule has 0 aliphatic carbocycles. The maximum absolute atomic E-state index is 11.8. The van der Waals surface area contributed by atoms with Gasteiger partial charge in [-0.3, -0.25) is 4.79 Å². The first-order chi connectivity index (χ1) is 9.67. The summed E-state index contributed by atoms with van der Waals surface area (Å²) in [5.74, 6) is 0.646. The molecule has 2 aromatic rings. The van der Waals surface area contributed by atoms with Gasteiger partial charge in [0.1, 0.15) is 5.75 Å². The SMILES string of the molecule is CCN(C)C(=O)COc1ccc2ccccc2c1CN. The van der Waals surface area contributed by atoms with Gasteiger partial charge in [-0.2, -0.15) is 0 Å². The molecule has 0 saturated heterocycles. The molecule has 1 amide bonds. The molecule has 2 aromatic carbocycles. The third kappa shape index (κ3) is 2.91. The van der Waals surface area contributed by atoms with Gasteiger partial charge in [-0.15, -0.1) is 0 Å². The maximum Gasteiger partial charge on any atom is 0.260 e. The average molecular weight is 272 g/mol. The lowest BCUT2D eigenvalue weighted by Crippen LogP contribution is -2.31. The quantitative estimate of drug-likeness (QED) is 0.907. The Labute approximate surface area is 119 Å². The molecule has 4 nitrogen and oxygen atoms in total. The van der Waals surface area contributed by atoms with Crippen molar-refractivity contribution in [2.24, 2.45) is 5.73 Å². The van der Waals surface area contributed by atoms with Crippen molar-refractivity contribution < 1.29 is 9.53 Å². The predicted molar refractivity (Wildman–Crippen MR) is 80.6 cm³/mol. The van der Waals surface area contributed by atoms with Crippen LogP contribution >= 0.6 is 0 Å². The van der Waals surface area contributed by atoms with Crippen LogP contribution in [0.3, 0.4) is 0 Å². The van der Waals surface area contributed by atoms with Crippen molar-refractivity contribution >= 4 is 16.7 Å². The van der Waals surface area contributed by atoms with Crippen molar-refractivity contribution in [2.45, 2.75) is 13.5 Å². The number of ether oxygens (including phenoxy) is 1. The first kappa shape index (κ1) is 14.3. The summed E-state index contributed by atoms with van der Waals surface area (Å²) >= 11 is 0. The molecular formula is C16H20N2O2. The number of nitrogens with two attached hydrogens (primary N) is 1. The zero-order valence-corrected chi connectivity index (χ0v) is 11.9. The number of carbonyl (C=O) groups excluding carboxylic acids is 1. The Morgan fingerprint density at radius 1 is 1.25 bits per heavy atom. The molecule has 0 spiro atoms. The molecular weight excluding hydrogens is 252 g/mol. The van der Waals surface area contributed by atoms with Gasteiger partial charge in [0.05, 0.1) is 0 Å². The Balaban J connectivity index is 2.24. The summed E-state index contributed by atoms with van der Waals surface area (Å²) in [4.78, 5) is 13.4. The third-order valence-electron chi connectivity index (χ3n) is 3.45. The lowest BCUT2D eigenvalue weighted by Gasteiger charge is -2.17. The minimum absolute atomic E-state index is 0.0374. The number of amides is 1. The van der Waals surface area contributed by atoms with E-state index in [1.165, 1.54) is 0 Å². The number of hydrogen-bond donors (Lipinski definition) is 1. The summed E-state index contributed by atoms with van der Waals surface area (Å²) in [6, 6.07) is 11.9. The highest BCUT2D eigenvalue weighted by atomic mass is 16.5. The Bertz CT molecular complexity index is 610. The van der Waals surface area contributed by atoms with E-state index in [4.69, 9.17) is 10.5 Å². The number of nitrogens with zero attached hydrogens (tertiary/aromatic N) is 1. The van der Waals surface area contributed by atoms with Crippen molar-refractivity contribution in [3.63, 3.8) is 0 Å². The van der Waals surface area contributed by atoms with Gasteiger partial charge >= 0.3 is 0 Å². The van der Waals surface area contributed by atoms with E-state index in [1.54, 1.807) is 11.9 Å². The molecule has 2 N–H and O–H groups in total. The number of rotatable bonds is 5. The fraction of sp³-hybridized carbons (Fsp3) is 0.312. The van der Waals surface area contributed by atoms with Gasteiger partial charge in [0.15, 0.2) is 6.61 Å². The lowest BCUT2D eigenvalue weighted by molar-refractivity contribution is -0.131. The molecule has 106 valence electrons. The van der Waals surface area contributed by atoms with Crippen LogP contribution in [0.15, 0.2) is 36.4 Å². The minimum atomic E-state index is -0.0383. The summed E-state index contributed by atoms with van der Waals surface area (Å²) < 4.78 is 5.65. The monoisotopic (exact) mass is 272 g/mol. The van der Waals surface area contributed by atoms with Gasteiger partial charge < -0.3 is 15.4 Å². The van der Waals surface area contributed by atoms with Crippen molar-refractivity contribution in [1.82, 2.24) is 4.90 Å². The predicted octanol–water partition coefficient (Wildman–Crippen LogP) is 2.16. The van der Waals surface area contributed by atoms with Gasteiger partial charge in [-0.25, -0.2) is 0 Å². The fourth-order valence-corrected chi connectivity index (χ4v) is 2.09. The molecule has 4 heteroatoms. The number of carbonyl (C=O) groups is 1. The topological polar surface area (TPSA) is 55.6 Å². The van der Waals surface area contributed by atoms with Crippen molar-refractivity contribution in [2.75, 3.05) is 20.2 Å². The van der Waals surface area contributed by atoms with E-state index < -0.39 is 0 Å². The molecule has 0 unspecified atom stereocenters. The second-order valence-electron chi connectivity index (χ2n) is 4.66. The van der Waals surface area contributed by atoms with E-state index in [0.717, 1.165) is 16.3 Å². The van der Waals surface area contributed by atoms with Crippen LogP contribution in [0.25, 0.3) is 10.8 Å². The van der Waals surface area contributed by atoms with E-state index in [2.05, 4.69) is 0 Å². The Kier molecular flexibility index (Phi) is 4.58. The normalized spacial score (nSPS) is 10.6. The Morgan fingerprint density at radius 3 is 2.70 bits per heavy atom. The molecule has 2 rings (SSSR count). The Morgan fingerprint density at radius 2 is 2.00 bits per heavy atom. The maximum atomic E-state index is 11.8. The van der Waals surface area contributed by atoms with Crippen molar-refractivity contribution in [3.05, 3.63) is 42.0 Å². The number of hydrogen-bond acceptors (Lipinski definition) is 3. The average Bonchev–Trinajstić information content (AvgIpc) is 2.50. The molecule has 0 fully saturated rings. The summed E-state index contributed by atoms with van der Waals surface area (Å²) in [6.07, 6.45) is 0. The van der Waals surface area contributed by atoms with Crippen LogP contribution in [0.5, 0.6) is 5.75 Å². The van der Waals surface area contributed by atoms with Crippen molar-refractivity contribution in [1.29, 1.82) is 0 Å². The summed E-state index contributed by atoms with van der Waals surface area (Å²) in [5.41, 5.74) is 6.77. The highest BCUT2D eigenvalue weighted by Gasteiger charge is 2.11. The molecule has 0 aromatic heterocycles. The molecule has 0 aliphatic heterocycles. The highest BCUT2D eigenvalue weighted by molar-refractivity contribution is 5.88. The molecule has 20 heavy (non-hydrogen) atoms. The molecule has 0 saturated carbocycles. The minimum Gasteiger partial charge on any atom is -0.483 e. The zero-order chi connectivity index (χ0) is 14.5. The van der Waals surface area contributed by atoms with E-state index in [1.807, 2.05) is 43.3 Å². The molecule has 0 heterocycles. The number of likely N-dealkylation sites (N-methyl/N-ethyl adjacent to an activating group) is 1. The van der Waals surface area contributed by atoms with E-state index >= 15 is 0 Å². The van der Waals surface area contributed by atoms with E-state index in [-0.39, 0.29) is 12.5 Å². The van der Waals surface area contributed by atoms with Crippen LogP contribution in [-0.2, 0) is 11.3 Å². The van der Waals surface area contributed by atoms with Gasteiger partial charge in [-0.05, 0) is 23.8 Å². The molecule has 0 atom stereocenters. The first-order valence-corrected chi connectivity index (χ1v) is 6.74. The fourth-order valence-electron chi connectivity index (χ4n) is 2.09.